The van der Waals surface area contributed by atoms with Gasteiger partial charge in [0.2, 0.25) is 10.0 Å². The van der Waals surface area contributed by atoms with Crippen LogP contribution in [0.3, 0.4) is 0 Å². The largest absolute Gasteiger partial charge is 0.468 e. The number of hydrogen-bond acceptors (Lipinski definition) is 5. The molecule has 0 N–H and O–H groups in total. The lowest BCUT2D eigenvalue weighted by atomic mass is 10.2. The number of rotatable bonds is 6. The van der Waals surface area contributed by atoms with Crippen molar-refractivity contribution in [1.82, 2.24) is 4.31 Å². The molecule has 7 heteroatoms. The molecule has 0 atom stereocenters. The molecule has 1 aromatic carbocycles. The van der Waals surface area contributed by atoms with Gasteiger partial charge in [0, 0.05) is 5.41 Å². The number of hydrogen-bond donors (Lipinski definition) is 0. The Kier molecular flexibility index (Phi) is 6.09. The molecule has 0 amide bonds. The normalized spacial score (nSPS) is 11.5. The van der Waals surface area contributed by atoms with E-state index in [0.717, 1.165) is 22.4 Å². The van der Waals surface area contributed by atoms with Crippen molar-refractivity contribution in [3.8, 4) is 6.07 Å². The van der Waals surface area contributed by atoms with E-state index in [1.165, 1.54) is 6.08 Å². The van der Waals surface area contributed by atoms with Crippen LogP contribution in [-0.2, 0) is 19.6 Å². The molecule has 0 saturated carbocycles. The number of aryl methyl sites for hydroxylation is 1. The van der Waals surface area contributed by atoms with Crippen LogP contribution in [0.5, 0.6) is 0 Å². The van der Waals surface area contributed by atoms with Crippen molar-refractivity contribution in [3.63, 3.8) is 0 Å². The lowest BCUT2D eigenvalue weighted by molar-refractivity contribution is -0.140. The van der Waals surface area contributed by atoms with Crippen molar-refractivity contribution in [2.75, 3.05) is 20.2 Å². The van der Waals surface area contributed by atoms with Crippen molar-refractivity contribution in [1.29, 1.82) is 5.26 Å². The molecule has 0 aromatic heterocycles. The number of nitriles is 1. The third-order valence-corrected chi connectivity index (χ3v) is 4.11. The number of methoxy groups -OCH3 is 1. The zero-order valence-corrected chi connectivity index (χ0v) is 12.6. The summed E-state index contributed by atoms with van der Waals surface area (Å²) in [7, 11) is -2.71. The van der Waals surface area contributed by atoms with E-state index in [4.69, 9.17) is 5.26 Å². The van der Waals surface area contributed by atoms with Crippen molar-refractivity contribution in [2.45, 2.75) is 6.92 Å². The van der Waals surface area contributed by atoms with Gasteiger partial charge in [0.1, 0.15) is 13.1 Å². The molecule has 0 aliphatic carbocycles. The van der Waals surface area contributed by atoms with Crippen molar-refractivity contribution >= 4 is 22.1 Å². The average Bonchev–Trinajstić information content (AvgIpc) is 2.46. The zero-order valence-electron chi connectivity index (χ0n) is 11.8. The Bertz CT molecular complexity index is 657. The first kappa shape index (κ1) is 16.9. The molecule has 0 radical (unpaired) electrons. The van der Waals surface area contributed by atoms with E-state index in [0.29, 0.717) is 5.56 Å². The van der Waals surface area contributed by atoms with Crippen molar-refractivity contribution in [3.05, 3.63) is 40.8 Å². The monoisotopic (exact) mass is 308 g/mol. The summed E-state index contributed by atoms with van der Waals surface area (Å²) in [5.74, 6) is -0.724. The van der Waals surface area contributed by atoms with Gasteiger partial charge in [-0.3, -0.25) is 4.79 Å². The van der Waals surface area contributed by atoms with E-state index in [9.17, 15) is 13.2 Å². The van der Waals surface area contributed by atoms with Gasteiger partial charge in [-0.1, -0.05) is 29.8 Å². The summed E-state index contributed by atoms with van der Waals surface area (Å²) >= 11 is 0. The fourth-order valence-corrected chi connectivity index (χ4v) is 2.48. The maximum Gasteiger partial charge on any atom is 0.321 e. The second-order valence-electron chi connectivity index (χ2n) is 4.26. The molecule has 0 fully saturated rings. The van der Waals surface area contributed by atoms with Gasteiger partial charge in [0.25, 0.3) is 0 Å². The number of sulfonamides is 1. The summed E-state index contributed by atoms with van der Waals surface area (Å²) < 4.78 is 29.4. The Balaban J connectivity index is 2.93. The van der Waals surface area contributed by atoms with Crippen LogP contribution in [0.25, 0.3) is 6.08 Å². The van der Waals surface area contributed by atoms with E-state index in [2.05, 4.69) is 4.74 Å². The molecule has 6 nitrogen and oxygen atoms in total. The zero-order chi connectivity index (χ0) is 15.9. The Morgan fingerprint density at radius 3 is 2.52 bits per heavy atom. The Hall–Kier alpha value is -2.17. The van der Waals surface area contributed by atoms with Crippen LogP contribution in [0.15, 0.2) is 29.7 Å². The number of esters is 1. The van der Waals surface area contributed by atoms with Gasteiger partial charge in [-0.15, -0.1) is 0 Å². The Morgan fingerprint density at radius 2 is 2.00 bits per heavy atom. The van der Waals surface area contributed by atoms with Gasteiger partial charge in [0.05, 0.1) is 13.2 Å². The SMILES string of the molecule is COC(=O)CN(CC#N)S(=O)(=O)/C=C\c1ccc(C)cc1. The quantitative estimate of drug-likeness (QED) is 0.584. The minimum absolute atomic E-state index is 0.421. The van der Waals surface area contributed by atoms with E-state index in [-0.39, 0.29) is 0 Å². The molecule has 112 valence electrons. The number of nitrogens with zero attached hydrogens (tertiary/aromatic N) is 2. The molecule has 0 spiro atoms. The summed E-state index contributed by atoms with van der Waals surface area (Å²) in [6.45, 7) is 1.01. The highest BCUT2D eigenvalue weighted by molar-refractivity contribution is 7.92. The molecule has 0 saturated heterocycles. The van der Waals surface area contributed by atoms with E-state index in [1.54, 1.807) is 18.2 Å². The maximum atomic E-state index is 12.1. The molecular weight excluding hydrogens is 292 g/mol. The van der Waals surface area contributed by atoms with Crippen LogP contribution in [0, 0.1) is 18.3 Å². The van der Waals surface area contributed by atoms with Crippen LogP contribution in [-0.4, -0.2) is 38.9 Å². The predicted octanol–water partition coefficient (Wildman–Crippen LogP) is 1.29. The summed E-state index contributed by atoms with van der Waals surface area (Å²) in [5.41, 5.74) is 1.77. The average molecular weight is 308 g/mol. The summed E-state index contributed by atoms with van der Waals surface area (Å²) in [4.78, 5) is 11.2. The first-order valence-corrected chi connectivity index (χ1v) is 7.58. The Morgan fingerprint density at radius 1 is 1.38 bits per heavy atom. The molecule has 0 bridgehead atoms. The first-order chi connectivity index (χ1) is 9.89. The molecule has 1 aromatic rings. The standard InChI is InChI=1S/C14H16N2O4S/c1-12-3-5-13(6-4-12)7-10-21(18,19)16(9-8-15)11-14(17)20-2/h3-7,10H,9,11H2,1-2H3/b10-7-. The third kappa shape index (κ3) is 5.38. The second kappa shape index (κ2) is 7.57. The smallest absolute Gasteiger partial charge is 0.321 e. The number of ether oxygens (including phenoxy) is 1. The van der Waals surface area contributed by atoms with Gasteiger partial charge >= 0.3 is 5.97 Å². The third-order valence-electron chi connectivity index (χ3n) is 2.65. The number of carbonyl (C=O) groups excluding carboxylic acids is 1. The molecule has 0 unspecified atom stereocenters. The predicted molar refractivity (Wildman–Crippen MR) is 78.3 cm³/mol. The van der Waals surface area contributed by atoms with E-state index < -0.39 is 29.1 Å². The fourth-order valence-electron chi connectivity index (χ4n) is 1.45. The van der Waals surface area contributed by atoms with Gasteiger partial charge in [-0.2, -0.15) is 9.57 Å². The van der Waals surface area contributed by atoms with Crippen LogP contribution in [0.1, 0.15) is 11.1 Å². The Labute approximate surface area is 124 Å². The lowest BCUT2D eigenvalue weighted by Gasteiger charge is -2.15. The first-order valence-electron chi connectivity index (χ1n) is 6.07. The summed E-state index contributed by atoms with van der Waals surface area (Å²) in [6, 6.07) is 8.97. The molecular formula is C14H16N2O4S. The van der Waals surface area contributed by atoms with Crippen molar-refractivity contribution < 1.29 is 17.9 Å². The van der Waals surface area contributed by atoms with Gasteiger partial charge < -0.3 is 4.74 Å². The van der Waals surface area contributed by atoms with Crippen LogP contribution >= 0.6 is 0 Å². The number of carbonyl (C=O) groups is 1. The highest BCUT2D eigenvalue weighted by atomic mass is 32.2. The molecule has 1 rings (SSSR count). The summed E-state index contributed by atoms with van der Waals surface area (Å²) in [6.07, 6.45) is 1.41. The maximum absolute atomic E-state index is 12.1. The highest BCUT2D eigenvalue weighted by Crippen LogP contribution is 2.09. The van der Waals surface area contributed by atoms with E-state index >= 15 is 0 Å². The second-order valence-corrected chi connectivity index (χ2v) is 6.08. The van der Waals surface area contributed by atoms with Crippen LogP contribution < -0.4 is 0 Å². The molecule has 0 aliphatic heterocycles. The molecule has 0 heterocycles. The van der Waals surface area contributed by atoms with Crippen LogP contribution in [0.2, 0.25) is 0 Å². The van der Waals surface area contributed by atoms with E-state index in [1.807, 2.05) is 19.1 Å². The minimum Gasteiger partial charge on any atom is -0.468 e. The van der Waals surface area contributed by atoms with Crippen LogP contribution in [0.4, 0.5) is 0 Å². The molecule has 0 aliphatic rings. The molecule has 21 heavy (non-hydrogen) atoms. The fraction of sp³-hybridized carbons (Fsp3) is 0.286. The van der Waals surface area contributed by atoms with Gasteiger partial charge in [-0.25, -0.2) is 8.42 Å². The van der Waals surface area contributed by atoms with Gasteiger partial charge in [-0.05, 0) is 18.6 Å². The lowest BCUT2D eigenvalue weighted by Crippen LogP contribution is -2.35. The topological polar surface area (TPSA) is 87.5 Å². The highest BCUT2D eigenvalue weighted by Gasteiger charge is 2.22. The summed E-state index contributed by atoms with van der Waals surface area (Å²) in [5, 5.41) is 9.64. The van der Waals surface area contributed by atoms with Crippen molar-refractivity contribution in [2.24, 2.45) is 0 Å². The van der Waals surface area contributed by atoms with Gasteiger partial charge in [0.15, 0.2) is 0 Å². The minimum atomic E-state index is -3.87. The number of benzene rings is 1.